The first-order valence-corrected chi connectivity index (χ1v) is 10.8. The van der Waals surface area contributed by atoms with Crippen LogP contribution in [-0.4, -0.2) is 55.7 Å². The molecule has 1 saturated carbocycles. The number of carboxylic acids is 1. The molecule has 3 rings (SSSR count). The minimum Gasteiger partial charge on any atom is -0.550 e. The van der Waals surface area contributed by atoms with Gasteiger partial charge in [0.1, 0.15) is 4.21 Å². The first-order valence-electron chi connectivity index (χ1n) is 8.44. The predicted molar refractivity (Wildman–Crippen MR) is 90.1 cm³/mol. The molecule has 0 aromatic carbocycles. The Morgan fingerprint density at radius 2 is 1.72 bits per heavy atom. The van der Waals surface area contributed by atoms with Gasteiger partial charge in [-0.25, -0.2) is 8.42 Å². The lowest BCUT2D eigenvalue weighted by Crippen LogP contribution is -2.53. The second-order valence-electron chi connectivity index (χ2n) is 6.48. The maximum absolute atomic E-state index is 12.7. The van der Waals surface area contributed by atoms with Crippen LogP contribution in [0.25, 0.3) is 0 Å². The van der Waals surface area contributed by atoms with Crippen LogP contribution < -0.4 is 5.11 Å². The van der Waals surface area contributed by atoms with E-state index in [0.29, 0.717) is 30.1 Å². The molecular weight excluding hydrogens is 364 g/mol. The van der Waals surface area contributed by atoms with E-state index in [-0.39, 0.29) is 19.0 Å². The van der Waals surface area contributed by atoms with Crippen LogP contribution in [-0.2, 0) is 19.6 Å². The molecule has 1 amide bonds. The van der Waals surface area contributed by atoms with E-state index in [0.717, 1.165) is 12.8 Å². The summed E-state index contributed by atoms with van der Waals surface area (Å²) in [6.45, 7) is 1.04. The third-order valence-electron chi connectivity index (χ3n) is 5.03. The van der Waals surface area contributed by atoms with E-state index < -0.39 is 27.8 Å². The Morgan fingerprint density at radius 1 is 1.08 bits per heavy atom. The van der Waals surface area contributed by atoms with Crippen molar-refractivity contribution in [3.05, 3.63) is 17.5 Å². The molecule has 2 atom stereocenters. The predicted octanol–water partition coefficient (Wildman–Crippen LogP) is 0.137. The molecule has 0 N–H and O–H groups in total. The van der Waals surface area contributed by atoms with E-state index >= 15 is 0 Å². The summed E-state index contributed by atoms with van der Waals surface area (Å²) in [5.74, 6) is -2.60. The minimum absolute atomic E-state index is 0.179. The van der Waals surface area contributed by atoms with E-state index in [1.807, 2.05) is 0 Å². The summed E-state index contributed by atoms with van der Waals surface area (Å²) in [7, 11) is -3.51. The zero-order valence-corrected chi connectivity index (χ0v) is 15.4. The largest absolute Gasteiger partial charge is 0.550 e. The number of amides is 1. The number of rotatable bonds is 4. The average Bonchev–Trinajstić information content (AvgIpc) is 3.16. The number of aliphatic carboxylic acids is 1. The standard InChI is InChI=1S/C16H22N2O5S2/c19-15(12-4-1-2-5-13(12)16(20)21)17-7-9-18(10-8-17)25(22,23)14-6-3-11-24-14/h3,6,11-13H,1-2,4-5,7-10H2,(H,20,21)/p-1/t12-,13-/m0/s1. The first kappa shape index (κ1) is 18.3. The molecule has 0 radical (unpaired) electrons. The Balaban J connectivity index is 1.64. The lowest BCUT2D eigenvalue weighted by atomic mass is 9.78. The van der Waals surface area contributed by atoms with Gasteiger partial charge in [-0.15, -0.1) is 11.3 Å². The van der Waals surface area contributed by atoms with E-state index in [1.165, 1.54) is 15.6 Å². The Bertz CT molecular complexity index is 724. The number of carbonyl (C=O) groups excluding carboxylic acids is 2. The summed E-state index contributed by atoms with van der Waals surface area (Å²) in [5, 5.41) is 13.0. The number of sulfonamides is 1. The first-order chi connectivity index (χ1) is 11.9. The molecule has 1 aliphatic carbocycles. The van der Waals surface area contributed by atoms with Crippen molar-refractivity contribution < 1.29 is 23.1 Å². The van der Waals surface area contributed by atoms with E-state index in [1.54, 1.807) is 22.4 Å². The zero-order chi connectivity index (χ0) is 18.0. The van der Waals surface area contributed by atoms with Gasteiger partial charge >= 0.3 is 0 Å². The highest BCUT2D eigenvalue weighted by atomic mass is 32.2. The monoisotopic (exact) mass is 385 g/mol. The summed E-state index contributed by atoms with van der Waals surface area (Å²) >= 11 is 1.17. The number of carbonyl (C=O) groups is 2. The minimum atomic E-state index is -3.51. The fraction of sp³-hybridized carbons (Fsp3) is 0.625. The maximum Gasteiger partial charge on any atom is 0.252 e. The van der Waals surface area contributed by atoms with E-state index in [4.69, 9.17) is 0 Å². The number of nitrogens with zero attached hydrogens (tertiary/aromatic N) is 2. The smallest absolute Gasteiger partial charge is 0.252 e. The van der Waals surface area contributed by atoms with Gasteiger partial charge in [0.25, 0.3) is 10.0 Å². The number of thiophene rings is 1. The second-order valence-corrected chi connectivity index (χ2v) is 9.59. The fourth-order valence-electron chi connectivity index (χ4n) is 3.63. The van der Waals surface area contributed by atoms with Crippen LogP contribution in [0.5, 0.6) is 0 Å². The van der Waals surface area contributed by atoms with Gasteiger partial charge in [0, 0.05) is 44.0 Å². The molecule has 1 saturated heterocycles. The van der Waals surface area contributed by atoms with Gasteiger partial charge in [0.05, 0.1) is 0 Å². The van der Waals surface area contributed by atoms with Crippen LogP contribution in [0.2, 0.25) is 0 Å². The second kappa shape index (κ2) is 7.43. The number of carboxylic acid groups (broad SMARTS) is 1. The number of piperazine rings is 1. The van der Waals surface area contributed by atoms with Crippen LogP contribution in [0, 0.1) is 11.8 Å². The van der Waals surface area contributed by atoms with Crippen molar-refractivity contribution in [1.82, 2.24) is 9.21 Å². The Hall–Kier alpha value is -1.45. The van der Waals surface area contributed by atoms with Crippen molar-refractivity contribution in [3.63, 3.8) is 0 Å². The van der Waals surface area contributed by atoms with Crippen molar-refractivity contribution in [3.8, 4) is 0 Å². The topological polar surface area (TPSA) is 97.8 Å². The van der Waals surface area contributed by atoms with Crippen molar-refractivity contribution in [2.45, 2.75) is 29.9 Å². The molecular formula is C16H21N2O5S2-. The highest BCUT2D eigenvalue weighted by molar-refractivity contribution is 7.91. The van der Waals surface area contributed by atoms with Crippen LogP contribution in [0.15, 0.2) is 21.7 Å². The summed E-state index contributed by atoms with van der Waals surface area (Å²) in [4.78, 5) is 25.6. The SMILES string of the molecule is O=C([O-])[C@H]1CCCC[C@@H]1C(=O)N1CCN(S(=O)(=O)c2cccs2)CC1. The van der Waals surface area contributed by atoms with Gasteiger partial charge in [-0.3, -0.25) is 4.79 Å². The molecule has 2 heterocycles. The Morgan fingerprint density at radius 3 is 2.28 bits per heavy atom. The van der Waals surface area contributed by atoms with Gasteiger partial charge in [-0.2, -0.15) is 4.31 Å². The molecule has 1 aromatic heterocycles. The van der Waals surface area contributed by atoms with Crippen LogP contribution in [0.1, 0.15) is 25.7 Å². The summed E-state index contributed by atoms with van der Waals surface area (Å²) in [5.41, 5.74) is 0. The van der Waals surface area contributed by atoms with Gasteiger partial charge in [-0.05, 0) is 24.3 Å². The normalized spacial score (nSPS) is 25.7. The molecule has 25 heavy (non-hydrogen) atoms. The average molecular weight is 385 g/mol. The highest BCUT2D eigenvalue weighted by Crippen LogP contribution is 2.32. The quantitative estimate of drug-likeness (QED) is 0.734. The van der Waals surface area contributed by atoms with Gasteiger partial charge in [0.2, 0.25) is 5.91 Å². The van der Waals surface area contributed by atoms with Crippen LogP contribution in [0.3, 0.4) is 0 Å². The fourth-order valence-corrected chi connectivity index (χ4v) is 6.20. The van der Waals surface area contributed by atoms with Gasteiger partial charge in [-0.1, -0.05) is 18.9 Å². The molecule has 0 spiro atoms. The molecule has 1 aromatic rings. The van der Waals surface area contributed by atoms with Crippen molar-refractivity contribution in [1.29, 1.82) is 0 Å². The molecule has 138 valence electrons. The van der Waals surface area contributed by atoms with Crippen molar-refractivity contribution in [2.24, 2.45) is 11.8 Å². The molecule has 0 bridgehead atoms. The molecule has 1 aliphatic heterocycles. The van der Waals surface area contributed by atoms with Gasteiger partial charge < -0.3 is 14.8 Å². The number of hydrogen-bond acceptors (Lipinski definition) is 6. The lowest BCUT2D eigenvalue weighted by molar-refractivity contribution is -0.314. The summed E-state index contributed by atoms with van der Waals surface area (Å²) < 4.78 is 26.7. The highest BCUT2D eigenvalue weighted by Gasteiger charge is 2.37. The van der Waals surface area contributed by atoms with Crippen LogP contribution >= 0.6 is 11.3 Å². The number of hydrogen-bond donors (Lipinski definition) is 0. The van der Waals surface area contributed by atoms with Crippen molar-refractivity contribution >= 4 is 33.2 Å². The summed E-state index contributed by atoms with van der Waals surface area (Å²) in [6, 6.07) is 3.27. The van der Waals surface area contributed by atoms with Crippen molar-refractivity contribution in [2.75, 3.05) is 26.2 Å². The molecule has 0 unspecified atom stereocenters. The Labute approximate surface area is 151 Å². The summed E-state index contributed by atoms with van der Waals surface area (Å²) in [6.07, 6.45) is 2.68. The van der Waals surface area contributed by atoms with Crippen LogP contribution in [0.4, 0.5) is 0 Å². The maximum atomic E-state index is 12.7. The van der Waals surface area contributed by atoms with Gasteiger partial charge in [0.15, 0.2) is 0 Å². The molecule has 9 heteroatoms. The van der Waals surface area contributed by atoms with E-state index in [2.05, 4.69) is 0 Å². The molecule has 7 nitrogen and oxygen atoms in total. The third-order valence-corrected chi connectivity index (χ3v) is 8.30. The third kappa shape index (κ3) is 3.73. The molecule has 2 aliphatic rings. The molecule has 2 fully saturated rings. The Kier molecular flexibility index (Phi) is 5.45. The zero-order valence-electron chi connectivity index (χ0n) is 13.8. The van der Waals surface area contributed by atoms with E-state index in [9.17, 15) is 23.1 Å². The lowest BCUT2D eigenvalue weighted by Gasteiger charge is -2.39.